The summed E-state index contributed by atoms with van der Waals surface area (Å²) >= 11 is 0. The predicted octanol–water partition coefficient (Wildman–Crippen LogP) is 5.91. The molecule has 0 aromatic heterocycles. The number of anilines is 1. The zero-order valence-electron chi connectivity index (χ0n) is 20.5. The molecule has 6 rings (SSSR count). The first-order valence-corrected chi connectivity index (χ1v) is 12.4. The standard InChI is InChI=1S/C30H24F2N2O4/c1-16-26(30(36)34-29-20(31)8-5-9-21(29)32)27(18-10-11-24-25(14-18)38-15-37-24)28-22(33-16)12-19(13-23(28)35)17-6-3-2-4-7-17/h2-11,14,19,26-27H,12-13,15H2,1H3,(H,34,36)/t19-,26?,27+/m0/s1. The maximum Gasteiger partial charge on any atom is 0.234 e. The number of halogens is 2. The highest BCUT2D eigenvalue weighted by molar-refractivity contribution is 6.13. The van der Waals surface area contributed by atoms with Gasteiger partial charge in [-0.05, 0) is 54.7 Å². The Balaban J connectivity index is 1.44. The Morgan fingerprint density at radius 3 is 2.42 bits per heavy atom. The number of benzene rings is 3. The van der Waals surface area contributed by atoms with E-state index in [4.69, 9.17) is 14.5 Å². The number of nitrogens with one attached hydrogen (secondary N) is 1. The van der Waals surface area contributed by atoms with Crippen LogP contribution in [0.2, 0.25) is 0 Å². The number of allylic oxidation sites excluding steroid dienone is 2. The summed E-state index contributed by atoms with van der Waals surface area (Å²) in [6.45, 7) is 1.79. The van der Waals surface area contributed by atoms with Gasteiger partial charge in [0.25, 0.3) is 0 Å². The van der Waals surface area contributed by atoms with Crippen LogP contribution in [0, 0.1) is 17.6 Å². The Bertz CT molecular complexity index is 1500. The molecule has 3 aliphatic rings. The number of amides is 1. The van der Waals surface area contributed by atoms with Crippen LogP contribution in [0.5, 0.6) is 11.5 Å². The zero-order chi connectivity index (χ0) is 26.4. The minimum atomic E-state index is -0.967. The lowest BCUT2D eigenvalue weighted by atomic mass is 9.69. The molecule has 1 N–H and O–H groups in total. The highest BCUT2D eigenvalue weighted by atomic mass is 19.1. The molecule has 0 saturated carbocycles. The molecule has 2 heterocycles. The minimum absolute atomic E-state index is 0.0331. The molecule has 3 atom stereocenters. The molecule has 8 heteroatoms. The topological polar surface area (TPSA) is 77.0 Å². The van der Waals surface area contributed by atoms with Gasteiger partial charge in [0.1, 0.15) is 17.3 Å². The Hall–Kier alpha value is -4.33. The van der Waals surface area contributed by atoms with Crippen LogP contribution in [0.15, 0.2) is 83.0 Å². The predicted molar refractivity (Wildman–Crippen MR) is 137 cm³/mol. The second kappa shape index (κ2) is 9.52. The summed E-state index contributed by atoms with van der Waals surface area (Å²) in [6, 6.07) is 18.5. The van der Waals surface area contributed by atoms with E-state index in [0.29, 0.717) is 40.5 Å². The number of hydrogen-bond acceptors (Lipinski definition) is 5. The van der Waals surface area contributed by atoms with E-state index in [1.807, 2.05) is 30.3 Å². The highest BCUT2D eigenvalue weighted by Crippen LogP contribution is 2.48. The van der Waals surface area contributed by atoms with Gasteiger partial charge in [-0.2, -0.15) is 0 Å². The molecule has 0 spiro atoms. The van der Waals surface area contributed by atoms with Gasteiger partial charge in [-0.1, -0.05) is 42.5 Å². The van der Waals surface area contributed by atoms with Gasteiger partial charge in [-0.15, -0.1) is 0 Å². The number of carbonyl (C=O) groups is 2. The minimum Gasteiger partial charge on any atom is -0.454 e. The van der Waals surface area contributed by atoms with Crippen LogP contribution in [0.1, 0.15) is 42.7 Å². The summed E-state index contributed by atoms with van der Waals surface area (Å²) < 4.78 is 39.8. The normalized spacial score (nSPS) is 22.1. The van der Waals surface area contributed by atoms with Crippen LogP contribution >= 0.6 is 0 Å². The summed E-state index contributed by atoms with van der Waals surface area (Å²) in [4.78, 5) is 32.1. The van der Waals surface area contributed by atoms with Crippen LogP contribution < -0.4 is 14.8 Å². The third kappa shape index (κ3) is 4.16. The summed E-state index contributed by atoms with van der Waals surface area (Å²) in [5.41, 5.74) is 2.73. The molecule has 1 aliphatic carbocycles. The fourth-order valence-corrected chi connectivity index (χ4v) is 5.65. The van der Waals surface area contributed by atoms with Crippen molar-refractivity contribution in [1.29, 1.82) is 0 Å². The maximum absolute atomic E-state index is 14.4. The average molecular weight is 515 g/mol. The Morgan fingerprint density at radius 2 is 1.66 bits per heavy atom. The van der Waals surface area contributed by atoms with E-state index < -0.39 is 35.1 Å². The van der Waals surface area contributed by atoms with Crippen LogP contribution in [-0.2, 0) is 9.59 Å². The summed E-state index contributed by atoms with van der Waals surface area (Å²) in [5.74, 6) is -3.16. The van der Waals surface area contributed by atoms with Gasteiger partial charge in [0.2, 0.25) is 12.7 Å². The maximum atomic E-state index is 14.4. The van der Waals surface area contributed by atoms with Crippen LogP contribution in [-0.4, -0.2) is 24.2 Å². The van der Waals surface area contributed by atoms with Crippen molar-refractivity contribution >= 4 is 23.1 Å². The molecule has 0 bridgehead atoms. The van der Waals surface area contributed by atoms with Crippen molar-refractivity contribution in [2.45, 2.75) is 31.6 Å². The lowest BCUT2D eigenvalue weighted by Gasteiger charge is -2.37. The number of aliphatic imine (C=N–C) groups is 1. The largest absolute Gasteiger partial charge is 0.454 e. The molecule has 0 saturated heterocycles. The highest BCUT2D eigenvalue weighted by Gasteiger charge is 2.44. The molecular weight excluding hydrogens is 490 g/mol. The molecule has 1 unspecified atom stereocenters. The van der Waals surface area contributed by atoms with Crippen molar-refractivity contribution in [3.63, 3.8) is 0 Å². The Morgan fingerprint density at radius 1 is 0.921 bits per heavy atom. The van der Waals surface area contributed by atoms with Crippen LogP contribution in [0.4, 0.5) is 14.5 Å². The Kier molecular flexibility index (Phi) is 6.02. The zero-order valence-corrected chi connectivity index (χ0v) is 20.5. The molecule has 2 aliphatic heterocycles. The van der Waals surface area contributed by atoms with Crippen molar-refractivity contribution < 1.29 is 27.8 Å². The Labute approximate surface area is 218 Å². The number of hydrogen-bond donors (Lipinski definition) is 1. The molecule has 0 radical (unpaired) electrons. The van der Waals surface area contributed by atoms with E-state index in [0.717, 1.165) is 17.7 Å². The average Bonchev–Trinajstić information content (AvgIpc) is 3.38. The smallest absolute Gasteiger partial charge is 0.234 e. The quantitative estimate of drug-likeness (QED) is 0.470. The number of ether oxygens (including phenoxy) is 2. The van der Waals surface area contributed by atoms with Crippen molar-refractivity contribution in [2.24, 2.45) is 10.9 Å². The summed E-state index contributed by atoms with van der Waals surface area (Å²) in [6.07, 6.45) is 0.814. The second-order valence-corrected chi connectivity index (χ2v) is 9.71. The van der Waals surface area contributed by atoms with Crippen molar-refractivity contribution in [2.75, 3.05) is 12.1 Å². The second-order valence-electron chi connectivity index (χ2n) is 9.71. The number of fused-ring (bicyclic) bond motifs is 1. The van der Waals surface area contributed by atoms with E-state index in [1.165, 1.54) is 6.07 Å². The first-order chi connectivity index (χ1) is 18.4. The molecular formula is C30H24F2N2O4. The SMILES string of the molecule is CC1=NC2=C(C(=O)C[C@@H](c3ccccc3)C2)[C@H](c2ccc3c(c2)OCO3)C1C(=O)Nc1c(F)cccc1F. The van der Waals surface area contributed by atoms with E-state index in [9.17, 15) is 18.4 Å². The number of carbonyl (C=O) groups excluding carboxylic acids is 2. The molecule has 192 valence electrons. The number of para-hydroxylation sites is 1. The first-order valence-electron chi connectivity index (χ1n) is 12.4. The molecule has 0 fully saturated rings. The monoisotopic (exact) mass is 514 g/mol. The van der Waals surface area contributed by atoms with Crippen molar-refractivity contribution in [1.82, 2.24) is 0 Å². The molecule has 1 amide bonds. The van der Waals surface area contributed by atoms with Gasteiger partial charge in [-0.25, -0.2) is 8.78 Å². The summed E-state index contributed by atoms with van der Waals surface area (Å²) in [7, 11) is 0. The van der Waals surface area contributed by atoms with Gasteiger partial charge in [0.05, 0.1) is 5.92 Å². The van der Waals surface area contributed by atoms with E-state index in [2.05, 4.69) is 5.32 Å². The number of nitrogens with zero attached hydrogens (tertiary/aromatic N) is 1. The van der Waals surface area contributed by atoms with E-state index in [1.54, 1.807) is 25.1 Å². The lowest BCUT2D eigenvalue weighted by molar-refractivity contribution is -0.119. The molecule has 3 aromatic carbocycles. The molecule has 38 heavy (non-hydrogen) atoms. The van der Waals surface area contributed by atoms with Gasteiger partial charge in [0.15, 0.2) is 17.3 Å². The molecule has 3 aromatic rings. The number of ketones is 1. The molecule has 6 nitrogen and oxygen atoms in total. The number of Topliss-reactive ketones (excluding diaryl/α,β-unsaturated/α-hetero) is 1. The van der Waals surface area contributed by atoms with Gasteiger partial charge < -0.3 is 14.8 Å². The van der Waals surface area contributed by atoms with Gasteiger partial charge >= 0.3 is 0 Å². The van der Waals surface area contributed by atoms with E-state index >= 15 is 0 Å². The van der Waals surface area contributed by atoms with Crippen molar-refractivity contribution in [3.05, 3.63) is 101 Å². The number of rotatable bonds is 4. The van der Waals surface area contributed by atoms with Gasteiger partial charge in [0, 0.05) is 29.3 Å². The third-order valence-corrected chi connectivity index (χ3v) is 7.41. The fourth-order valence-electron chi connectivity index (χ4n) is 5.65. The van der Waals surface area contributed by atoms with E-state index in [-0.39, 0.29) is 24.9 Å². The fraction of sp³-hybridized carbons (Fsp3) is 0.233. The van der Waals surface area contributed by atoms with Crippen LogP contribution in [0.3, 0.4) is 0 Å². The lowest BCUT2D eigenvalue weighted by Crippen LogP contribution is -2.40. The summed E-state index contributed by atoms with van der Waals surface area (Å²) in [5, 5.41) is 2.42. The first kappa shape index (κ1) is 24.0. The third-order valence-electron chi connectivity index (χ3n) is 7.41. The van der Waals surface area contributed by atoms with Gasteiger partial charge in [-0.3, -0.25) is 14.6 Å². The van der Waals surface area contributed by atoms with Crippen LogP contribution in [0.25, 0.3) is 0 Å². The van der Waals surface area contributed by atoms with Crippen molar-refractivity contribution in [3.8, 4) is 11.5 Å².